The molecule has 0 aliphatic heterocycles. The van der Waals surface area contributed by atoms with Gasteiger partial charge in [0.25, 0.3) is 0 Å². The first-order valence-corrected chi connectivity index (χ1v) is 6.87. The van der Waals surface area contributed by atoms with Crippen LogP contribution in [0.1, 0.15) is 18.9 Å². The van der Waals surface area contributed by atoms with Gasteiger partial charge < -0.3 is 21.1 Å². The lowest BCUT2D eigenvalue weighted by Crippen LogP contribution is -2.47. The number of nitrogens with two attached hydrogens (primary N) is 1. The smallest absolute Gasteiger partial charge is 0.237 e. The Morgan fingerprint density at radius 1 is 1.45 bits per heavy atom. The summed E-state index contributed by atoms with van der Waals surface area (Å²) in [5.74, 6) is -0.226. The average molecular weight is 275 g/mol. The summed E-state index contributed by atoms with van der Waals surface area (Å²) in [5.41, 5.74) is 8.02. The highest BCUT2D eigenvalue weighted by molar-refractivity contribution is 5.86. The fourth-order valence-corrected chi connectivity index (χ4v) is 2.22. The molecule has 2 atom stereocenters. The lowest BCUT2D eigenvalue weighted by Gasteiger charge is -2.17. The van der Waals surface area contributed by atoms with Crippen molar-refractivity contribution < 1.29 is 9.90 Å². The van der Waals surface area contributed by atoms with Crippen LogP contribution in [0.3, 0.4) is 0 Å². The van der Waals surface area contributed by atoms with E-state index in [1.165, 1.54) is 0 Å². The number of hydrogen-bond donors (Lipinski definition) is 4. The number of aromatic nitrogens is 1. The summed E-state index contributed by atoms with van der Waals surface area (Å²) in [6, 6.07) is 7.08. The molecule has 5 heteroatoms. The van der Waals surface area contributed by atoms with Gasteiger partial charge in [0.15, 0.2) is 0 Å². The Bertz CT molecular complexity index is 575. The number of hydrogen-bond acceptors (Lipinski definition) is 3. The second-order valence-corrected chi connectivity index (χ2v) is 4.97. The fourth-order valence-electron chi connectivity index (χ4n) is 2.22. The van der Waals surface area contributed by atoms with Crippen molar-refractivity contribution in [1.29, 1.82) is 0 Å². The molecule has 0 saturated carbocycles. The number of nitrogens with one attached hydrogen (secondary N) is 2. The molecule has 1 aromatic heterocycles. The van der Waals surface area contributed by atoms with Crippen molar-refractivity contribution >= 4 is 16.8 Å². The molecule has 2 aromatic rings. The number of carbonyl (C=O) groups excluding carboxylic acids is 1. The van der Waals surface area contributed by atoms with Crippen molar-refractivity contribution in [2.45, 2.75) is 31.8 Å². The van der Waals surface area contributed by atoms with Gasteiger partial charge in [-0.05, 0) is 24.5 Å². The molecule has 0 saturated heterocycles. The molecule has 0 bridgehead atoms. The summed E-state index contributed by atoms with van der Waals surface area (Å²) in [7, 11) is 0. The van der Waals surface area contributed by atoms with E-state index in [0.717, 1.165) is 16.5 Å². The van der Waals surface area contributed by atoms with Gasteiger partial charge in [0.2, 0.25) is 5.91 Å². The van der Waals surface area contributed by atoms with Gasteiger partial charge in [-0.1, -0.05) is 25.1 Å². The molecule has 1 amide bonds. The summed E-state index contributed by atoms with van der Waals surface area (Å²) < 4.78 is 0. The molecule has 0 spiro atoms. The monoisotopic (exact) mass is 275 g/mol. The molecule has 0 radical (unpaired) electrons. The minimum Gasteiger partial charge on any atom is -0.394 e. The molecular weight excluding hydrogens is 254 g/mol. The molecule has 2 rings (SSSR count). The zero-order valence-electron chi connectivity index (χ0n) is 11.6. The maximum atomic E-state index is 12.0. The van der Waals surface area contributed by atoms with Crippen LogP contribution in [0, 0.1) is 0 Å². The van der Waals surface area contributed by atoms with E-state index in [1.807, 2.05) is 37.4 Å². The predicted molar refractivity (Wildman–Crippen MR) is 79.3 cm³/mol. The van der Waals surface area contributed by atoms with Crippen LogP contribution in [0.25, 0.3) is 10.9 Å². The zero-order valence-corrected chi connectivity index (χ0v) is 11.6. The Balaban J connectivity index is 2.04. The fraction of sp³-hybridized carbons (Fsp3) is 0.400. The molecule has 20 heavy (non-hydrogen) atoms. The number of aromatic amines is 1. The Morgan fingerprint density at radius 2 is 2.20 bits per heavy atom. The molecule has 1 heterocycles. The van der Waals surface area contributed by atoms with Crippen molar-refractivity contribution in [3.63, 3.8) is 0 Å². The van der Waals surface area contributed by atoms with E-state index in [4.69, 9.17) is 10.8 Å². The lowest BCUT2D eigenvalue weighted by molar-refractivity contribution is -0.123. The van der Waals surface area contributed by atoms with Crippen molar-refractivity contribution in [2.75, 3.05) is 6.61 Å². The Morgan fingerprint density at radius 3 is 2.90 bits per heavy atom. The second kappa shape index (κ2) is 6.54. The van der Waals surface area contributed by atoms with Crippen LogP contribution in [0.2, 0.25) is 0 Å². The molecule has 1 unspecified atom stereocenters. The highest BCUT2D eigenvalue weighted by Gasteiger charge is 2.18. The Labute approximate surface area is 118 Å². The van der Waals surface area contributed by atoms with Crippen LogP contribution in [0.4, 0.5) is 0 Å². The van der Waals surface area contributed by atoms with Gasteiger partial charge in [0.1, 0.15) is 0 Å². The number of benzene rings is 1. The van der Waals surface area contributed by atoms with E-state index < -0.39 is 6.04 Å². The van der Waals surface area contributed by atoms with Crippen LogP contribution < -0.4 is 11.1 Å². The van der Waals surface area contributed by atoms with Crippen LogP contribution in [0.15, 0.2) is 30.5 Å². The van der Waals surface area contributed by atoms with Gasteiger partial charge in [-0.3, -0.25) is 4.79 Å². The highest BCUT2D eigenvalue weighted by atomic mass is 16.3. The number of carbonyl (C=O) groups is 1. The first-order valence-electron chi connectivity index (χ1n) is 6.87. The molecular formula is C15H21N3O2. The van der Waals surface area contributed by atoms with Gasteiger partial charge in [0.05, 0.1) is 18.7 Å². The van der Waals surface area contributed by atoms with Crippen molar-refractivity contribution in [3.05, 3.63) is 36.0 Å². The first-order chi connectivity index (χ1) is 9.65. The van der Waals surface area contributed by atoms with Gasteiger partial charge in [-0.2, -0.15) is 0 Å². The summed E-state index contributed by atoms with van der Waals surface area (Å²) in [6.45, 7) is 1.84. The van der Waals surface area contributed by atoms with Gasteiger partial charge in [-0.25, -0.2) is 0 Å². The van der Waals surface area contributed by atoms with E-state index in [9.17, 15) is 4.79 Å². The van der Waals surface area contributed by atoms with Crippen LogP contribution in [0.5, 0.6) is 0 Å². The first kappa shape index (κ1) is 14.6. The topological polar surface area (TPSA) is 91.1 Å². The van der Waals surface area contributed by atoms with Crippen LogP contribution in [-0.4, -0.2) is 34.7 Å². The number of para-hydroxylation sites is 1. The number of rotatable bonds is 6. The number of aliphatic hydroxyl groups is 1. The summed E-state index contributed by atoms with van der Waals surface area (Å²) >= 11 is 0. The second-order valence-electron chi connectivity index (χ2n) is 4.97. The third kappa shape index (κ3) is 3.18. The molecule has 108 valence electrons. The number of H-pyrrole nitrogens is 1. The number of fused-ring (bicyclic) bond motifs is 1. The standard InChI is InChI=1S/C15H21N3O2/c1-2-11(9-19)18-15(20)13(16)7-10-8-17-14-6-4-3-5-12(10)14/h3-6,8,11,13,17,19H,2,7,9,16H2,1H3,(H,18,20)/t11?,13-/m0/s1. The average Bonchev–Trinajstić information content (AvgIpc) is 2.87. The SMILES string of the molecule is CCC(CO)NC(=O)[C@@H](N)Cc1c[nH]c2ccccc12. The van der Waals surface area contributed by atoms with Crippen molar-refractivity contribution in [3.8, 4) is 0 Å². The largest absolute Gasteiger partial charge is 0.394 e. The number of aliphatic hydroxyl groups excluding tert-OH is 1. The van der Waals surface area contributed by atoms with E-state index in [-0.39, 0.29) is 18.6 Å². The third-order valence-electron chi connectivity index (χ3n) is 3.51. The van der Waals surface area contributed by atoms with Crippen molar-refractivity contribution in [1.82, 2.24) is 10.3 Å². The van der Waals surface area contributed by atoms with E-state index >= 15 is 0 Å². The molecule has 0 fully saturated rings. The predicted octanol–water partition coefficient (Wildman–Crippen LogP) is 0.925. The van der Waals surface area contributed by atoms with E-state index in [0.29, 0.717) is 12.8 Å². The molecule has 0 aliphatic rings. The Kier molecular flexibility index (Phi) is 4.76. The molecule has 0 aliphatic carbocycles. The van der Waals surface area contributed by atoms with Gasteiger partial charge in [-0.15, -0.1) is 0 Å². The zero-order chi connectivity index (χ0) is 14.5. The lowest BCUT2D eigenvalue weighted by atomic mass is 10.0. The van der Waals surface area contributed by atoms with Gasteiger partial charge >= 0.3 is 0 Å². The number of amides is 1. The van der Waals surface area contributed by atoms with Crippen molar-refractivity contribution in [2.24, 2.45) is 5.73 Å². The maximum Gasteiger partial charge on any atom is 0.237 e. The molecule has 1 aromatic carbocycles. The van der Waals surface area contributed by atoms with E-state index in [1.54, 1.807) is 0 Å². The molecule has 5 N–H and O–H groups in total. The maximum absolute atomic E-state index is 12.0. The minimum absolute atomic E-state index is 0.0674. The molecule has 5 nitrogen and oxygen atoms in total. The van der Waals surface area contributed by atoms with Gasteiger partial charge in [0, 0.05) is 17.1 Å². The summed E-state index contributed by atoms with van der Waals surface area (Å²) in [5, 5.41) is 12.9. The third-order valence-corrected chi connectivity index (χ3v) is 3.51. The highest BCUT2D eigenvalue weighted by Crippen LogP contribution is 2.18. The Hall–Kier alpha value is -1.85. The minimum atomic E-state index is -0.616. The summed E-state index contributed by atoms with van der Waals surface area (Å²) in [6.07, 6.45) is 3.04. The normalized spacial score (nSPS) is 14.2. The summed E-state index contributed by atoms with van der Waals surface area (Å²) in [4.78, 5) is 15.1. The van der Waals surface area contributed by atoms with E-state index in [2.05, 4.69) is 10.3 Å². The van der Waals surface area contributed by atoms with Crippen LogP contribution in [-0.2, 0) is 11.2 Å². The van der Waals surface area contributed by atoms with Crippen LogP contribution >= 0.6 is 0 Å². The quantitative estimate of drug-likeness (QED) is 0.632.